The molecule has 0 aliphatic heterocycles. The van der Waals surface area contributed by atoms with Crippen molar-refractivity contribution in [1.82, 2.24) is 9.78 Å². The maximum Gasteiger partial charge on any atom is 0.132 e. The van der Waals surface area contributed by atoms with Crippen molar-refractivity contribution in [2.24, 2.45) is 7.05 Å². The molecule has 20 heavy (non-hydrogen) atoms. The third kappa shape index (κ3) is 2.78. The standard InChI is InChI=1S/C14H17ClFN3O/c1-3-20-8-7-11-13(14(17)19(2)18-11)12-9(15)5-4-6-10(12)16/h4-6H,3,7-8,17H2,1-2H3. The van der Waals surface area contributed by atoms with Crippen molar-refractivity contribution in [2.75, 3.05) is 18.9 Å². The monoisotopic (exact) mass is 297 g/mol. The summed E-state index contributed by atoms with van der Waals surface area (Å²) in [5.74, 6) is -0.0154. The number of rotatable bonds is 5. The van der Waals surface area contributed by atoms with E-state index in [9.17, 15) is 4.39 Å². The van der Waals surface area contributed by atoms with E-state index in [4.69, 9.17) is 22.1 Å². The van der Waals surface area contributed by atoms with Gasteiger partial charge in [0.25, 0.3) is 0 Å². The van der Waals surface area contributed by atoms with Gasteiger partial charge in [0.2, 0.25) is 0 Å². The van der Waals surface area contributed by atoms with Gasteiger partial charge in [0.15, 0.2) is 0 Å². The fraction of sp³-hybridized carbons (Fsp3) is 0.357. The maximum absolute atomic E-state index is 14.1. The van der Waals surface area contributed by atoms with E-state index < -0.39 is 5.82 Å². The number of aromatic nitrogens is 2. The molecule has 6 heteroatoms. The fourth-order valence-electron chi connectivity index (χ4n) is 2.09. The number of nitrogens with two attached hydrogens (primary N) is 1. The predicted molar refractivity (Wildman–Crippen MR) is 78.2 cm³/mol. The van der Waals surface area contributed by atoms with Crippen LogP contribution in [0.3, 0.4) is 0 Å². The lowest BCUT2D eigenvalue weighted by Crippen LogP contribution is -2.01. The van der Waals surface area contributed by atoms with Gasteiger partial charge in [-0.1, -0.05) is 17.7 Å². The van der Waals surface area contributed by atoms with Crippen molar-refractivity contribution in [2.45, 2.75) is 13.3 Å². The second-order valence-corrected chi connectivity index (χ2v) is 4.78. The van der Waals surface area contributed by atoms with E-state index in [1.165, 1.54) is 10.7 Å². The molecule has 0 aliphatic rings. The molecular weight excluding hydrogens is 281 g/mol. The predicted octanol–water partition coefficient (Wildman–Crippen LogP) is 3.04. The highest BCUT2D eigenvalue weighted by Crippen LogP contribution is 2.36. The number of halogens is 2. The Hall–Kier alpha value is -1.59. The number of anilines is 1. The summed E-state index contributed by atoms with van der Waals surface area (Å²) in [6, 6.07) is 4.56. The quantitative estimate of drug-likeness (QED) is 0.863. The van der Waals surface area contributed by atoms with Crippen molar-refractivity contribution in [3.05, 3.63) is 34.7 Å². The normalized spacial score (nSPS) is 11.0. The molecule has 0 atom stereocenters. The Bertz CT molecular complexity index is 592. The van der Waals surface area contributed by atoms with Crippen LogP contribution in [0, 0.1) is 5.82 Å². The number of aryl methyl sites for hydroxylation is 1. The summed E-state index contributed by atoms with van der Waals surface area (Å²) in [5.41, 5.74) is 7.55. The minimum Gasteiger partial charge on any atom is -0.383 e. The highest BCUT2D eigenvalue weighted by Gasteiger charge is 2.21. The molecule has 108 valence electrons. The fourth-order valence-corrected chi connectivity index (χ4v) is 2.35. The van der Waals surface area contributed by atoms with Crippen LogP contribution in [-0.4, -0.2) is 23.0 Å². The van der Waals surface area contributed by atoms with Crippen LogP contribution < -0.4 is 5.73 Å². The summed E-state index contributed by atoms with van der Waals surface area (Å²) in [6.45, 7) is 3.05. The average molecular weight is 298 g/mol. The molecule has 0 saturated carbocycles. The van der Waals surface area contributed by atoms with Crippen molar-refractivity contribution >= 4 is 17.4 Å². The molecule has 0 saturated heterocycles. The van der Waals surface area contributed by atoms with Gasteiger partial charge in [0, 0.05) is 25.6 Å². The first-order chi connectivity index (χ1) is 9.56. The highest BCUT2D eigenvalue weighted by molar-refractivity contribution is 6.33. The maximum atomic E-state index is 14.1. The highest BCUT2D eigenvalue weighted by atomic mass is 35.5. The zero-order valence-corrected chi connectivity index (χ0v) is 12.2. The SMILES string of the molecule is CCOCCc1nn(C)c(N)c1-c1c(F)cccc1Cl. The van der Waals surface area contributed by atoms with Crippen LogP contribution in [0.4, 0.5) is 10.2 Å². The Labute approximate surface area is 122 Å². The molecular formula is C14H17ClFN3O. The second kappa shape index (κ2) is 6.24. The first kappa shape index (κ1) is 14.8. The van der Waals surface area contributed by atoms with E-state index >= 15 is 0 Å². The minimum atomic E-state index is -0.408. The van der Waals surface area contributed by atoms with Crippen LogP contribution in [0.1, 0.15) is 12.6 Å². The zero-order valence-electron chi connectivity index (χ0n) is 11.5. The third-order valence-electron chi connectivity index (χ3n) is 3.06. The number of nitrogen functional groups attached to an aromatic ring is 1. The molecule has 2 rings (SSSR count). The molecule has 1 aromatic heterocycles. The van der Waals surface area contributed by atoms with Crippen LogP contribution in [-0.2, 0) is 18.2 Å². The molecule has 2 N–H and O–H groups in total. The number of hydrogen-bond donors (Lipinski definition) is 1. The first-order valence-corrected chi connectivity index (χ1v) is 6.77. The Morgan fingerprint density at radius 3 is 2.80 bits per heavy atom. The smallest absolute Gasteiger partial charge is 0.132 e. The Morgan fingerprint density at radius 2 is 2.15 bits per heavy atom. The molecule has 0 radical (unpaired) electrons. The van der Waals surface area contributed by atoms with Gasteiger partial charge in [-0.3, -0.25) is 4.68 Å². The van der Waals surface area contributed by atoms with Gasteiger partial charge in [0.05, 0.1) is 22.9 Å². The van der Waals surface area contributed by atoms with Gasteiger partial charge in [-0.2, -0.15) is 5.10 Å². The van der Waals surface area contributed by atoms with Crippen LogP contribution in [0.2, 0.25) is 5.02 Å². The molecule has 0 fully saturated rings. The van der Waals surface area contributed by atoms with E-state index in [2.05, 4.69) is 5.10 Å². The molecule has 0 amide bonds. The number of benzene rings is 1. The molecule has 0 bridgehead atoms. The van der Waals surface area contributed by atoms with Gasteiger partial charge in [0.1, 0.15) is 11.6 Å². The number of nitrogens with zero attached hydrogens (tertiary/aromatic N) is 2. The van der Waals surface area contributed by atoms with Crippen molar-refractivity contribution in [3.63, 3.8) is 0 Å². The van der Waals surface area contributed by atoms with Crippen molar-refractivity contribution < 1.29 is 9.13 Å². The number of hydrogen-bond acceptors (Lipinski definition) is 3. The van der Waals surface area contributed by atoms with E-state index in [1.54, 1.807) is 19.2 Å². The Balaban J connectivity index is 2.49. The summed E-state index contributed by atoms with van der Waals surface area (Å²) in [7, 11) is 1.72. The lowest BCUT2D eigenvalue weighted by molar-refractivity contribution is 0.150. The van der Waals surface area contributed by atoms with E-state index in [1.807, 2.05) is 6.92 Å². The molecule has 1 aromatic carbocycles. The van der Waals surface area contributed by atoms with Crippen LogP contribution >= 0.6 is 11.6 Å². The van der Waals surface area contributed by atoms with Crippen molar-refractivity contribution in [3.8, 4) is 11.1 Å². The van der Waals surface area contributed by atoms with Gasteiger partial charge in [-0.15, -0.1) is 0 Å². The van der Waals surface area contributed by atoms with E-state index in [0.29, 0.717) is 47.3 Å². The van der Waals surface area contributed by atoms with Crippen LogP contribution in [0.5, 0.6) is 0 Å². The molecule has 2 aromatic rings. The Kier molecular flexibility index (Phi) is 4.62. The summed E-state index contributed by atoms with van der Waals surface area (Å²) in [5, 5.41) is 4.65. The molecule has 0 aliphatic carbocycles. The lowest BCUT2D eigenvalue weighted by Gasteiger charge is -2.08. The Morgan fingerprint density at radius 1 is 1.40 bits per heavy atom. The summed E-state index contributed by atoms with van der Waals surface area (Å²) >= 11 is 6.11. The number of ether oxygens (including phenoxy) is 1. The molecule has 1 heterocycles. The van der Waals surface area contributed by atoms with E-state index in [0.717, 1.165) is 0 Å². The van der Waals surface area contributed by atoms with E-state index in [-0.39, 0.29) is 0 Å². The van der Waals surface area contributed by atoms with Crippen molar-refractivity contribution in [1.29, 1.82) is 0 Å². The summed E-state index contributed by atoms with van der Waals surface area (Å²) in [6.07, 6.45) is 0.554. The minimum absolute atomic E-state index is 0.297. The van der Waals surface area contributed by atoms with Gasteiger partial charge in [-0.05, 0) is 19.1 Å². The third-order valence-corrected chi connectivity index (χ3v) is 3.38. The topological polar surface area (TPSA) is 53.1 Å². The van der Waals surface area contributed by atoms with Gasteiger partial charge < -0.3 is 10.5 Å². The van der Waals surface area contributed by atoms with Crippen LogP contribution in [0.25, 0.3) is 11.1 Å². The largest absolute Gasteiger partial charge is 0.383 e. The average Bonchev–Trinajstić information content (AvgIpc) is 2.67. The molecule has 0 spiro atoms. The summed E-state index contributed by atoms with van der Waals surface area (Å²) in [4.78, 5) is 0. The second-order valence-electron chi connectivity index (χ2n) is 4.37. The first-order valence-electron chi connectivity index (χ1n) is 6.39. The van der Waals surface area contributed by atoms with Gasteiger partial charge >= 0.3 is 0 Å². The molecule has 4 nitrogen and oxygen atoms in total. The summed E-state index contributed by atoms with van der Waals surface area (Å²) < 4.78 is 20.9. The van der Waals surface area contributed by atoms with Gasteiger partial charge in [-0.25, -0.2) is 4.39 Å². The lowest BCUT2D eigenvalue weighted by atomic mass is 10.0. The zero-order chi connectivity index (χ0) is 14.7. The molecule has 0 unspecified atom stereocenters. The van der Waals surface area contributed by atoms with Crippen LogP contribution in [0.15, 0.2) is 18.2 Å².